The van der Waals surface area contributed by atoms with Gasteiger partial charge in [0.1, 0.15) is 58.7 Å². The lowest BCUT2D eigenvalue weighted by Gasteiger charge is -2.53. The van der Waals surface area contributed by atoms with Gasteiger partial charge in [-0.2, -0.15) is 0 Å². The van der Waals surface area contributed by atoms with Crippen LogP contribution in [0.15, 0.2) is 86.9 Å². The standard InChI is InChI=1S/C51H51N3O19/c55-11-7-22-12-23(15-31(57)37(22)58)32-18-30(56)36-33(69-32)19-34-35(38(36)59)28(24-14-29-21-4-1-5-27(13-21)54-45(29)53-20-24)17-25(16-26-6-2-10-52-26)51(71-34)44(65)41(62)43(64)50(73-51)9-3-8-49(47(66)67)42(63)39(60)40(61)46(72-49)70-48(50)68/h2,6,10,12,14-15,17-21,27-28,39-46,52-55,57-65H,1,4-5,7,9,11,13,16H2,(H,66,67)/t21-,27+,28-,39+,40+,41-,42-,43-,44+,45?,46-,49-,50-,51-/m0/s1. The van der Waals surface area contributed by atoms with E-state index >= 15 is 0 Å². The molecule has 0 radical (unpaired) electrons. The average Bonchev–Trinajstić information content (AvgIpc) is 3.86. The first kappa shape index (κ1) is 48.5. The highest BCUT2D eigenvalue weighted by Crippen LogP contribution is 2.54. The predicted octanol–water partition coefficient (Wildman–Crippen LogP) is -0.253. The van der Waals surface area contributed by atoms with Crippen LogP contribution in [0.3, 0.4) is 0 Å². The number of rotatable bonds is 7. The summed E-state index contributed by atoms with van der Waals surface area (Å²) >= 11 is 0. The minimum atomic E-state index is -3.02. The largest absolute Gasteiger partial charge is 0.507 e. The number of aliphatic hydroxyl groups is 7. The first-order valence-electron chi connectivity index (χ1n) is 23.8. The van der Waals surface area contributed by atoms with E-state index in [0.717, 1.165) is 43.4 Å². The number of allylic oxidation sites excluding steroid dienone is 3. The maximum atomic E-state index is 14.8. The lowest BCUT2D eigenvalue weighted by atomic mass is 9.74. The van der Waals surface area contributed by atoms with Crippen molar-refractivity contribution in [1.82, 2.24) is 15.6 Å². The van der Waals surface area contributed by atoms with Gasteiger partial charge in [-0.05, 0) is 67.0 Å². The van der Waals surface area contributed by atoms with Crippen molar-refractivity contribution in [2.75, 3.05) is 6.61 Å². The van der Waals surface area contributed by atoms with Crippen LogP contribution in [0.5, 0.6) is 23.0 Å². The van der Waals surface area contributed by atoms with E-state index in [0.29, 0.717) is 11.3 Å². The SMILES string of the molecule is O=C(O)[C@@]12C#CC[C@@]3(O[C@]4(Oc5cc6oc(-c7cc(O)c(O)c(CCO)c7)cc(=O)c6c(O)c5[C@H](C5=CNC6N[C@@H]7CCC[C@@H](C7)C6=C5)C=C4Cc4ccc[nH]4)[C@H](O)[C@@H](O)[C@@H]3O)C(=O)O[C@@H](O1)[C@H](O)[C@@H](O)[C@@H]2O. The zero-order valence-corrected chi connectivity index (χ0v) is 38.5. The topological polar surface area (TPSA) is 364 Å². The van der Waals surface area contributed by atoms with Crippen molar-refractivity contribution in [3.05, 3.63) is 105 Å². The van der Waals surface area contributed by atoms with Crippen molar-refractivity contribution >= 4 is 22.9 Å². The minimum Gasteiger partial charge on any atom is -0.507 e. The number of aliphatic hydroxyl groups excluding tert-OH is 7. The number of benzene rings is 2. The maximum absolute atomic E-state index is 14.8. The van der Waals surface area contributed by atoms with Crippen LogP contribution in [0.25, 0.3) is 22.3 Å². The van der Waals surface area contributed by atoms with E-state index in [4.69, 9.17) is 23.4 Å². The van der Waals surface area contributed by atoms with Gasteiger partial charge in [0.15, 0.2) is 23.0 Å². The lowest BCUT2D eigenvalue weighted by molar-refractivity contribution is -0.354. The zero-order valence-electron chi connectivity index (χ0n) is 38.5. The second kappa shape index (κ2) is 17.7. The molecule has 8 heterocycles. The van der Waals surface area contributed by atoms with Gasteiger partial charge in [-0.25, -0.2) is 9.59 Å². The summed E-state index contributed by atoms with van der Waals surface area (Å²) in [6.45, 7) is -0.407. The number of phenols is 3. The van der Waals surface area contributed by atoms with E-state index in [1.54, 1.807) is 30.6 Å². The number of aliphatic carboxylic acids is 1. The number of nitrogens with one attached hydrogen (secondary N) is 3. The summed E-state index contributed by atoms with van der Waals surface area (Å²) in [5, 5.41) is 130. The van der Waals surface area contributed by atoms with Crippen molar-refractivity contribution in [2.24, 2.45) is 5.92 Å². The van der Waals surface area contributed by atoms with Gasteiger partial charge >= 0.3 is 11.9 Å². The maximum Gasteiger partial charge on any atom is 0.351 e. The Balaban J connectivity index is 1.15. The summed E-state index contributed by atoms with van der Waals surface area (Å²) < 4.78 is 30.8. The number of aromatic amines is 1. The van der Waals surface area contributed by atoms with Gasteiger partial charge < -0.3 is 89.8 Å². The molecular weight excluding hydrogens is 959 g/mol. The van der Waals surface area contributed by atoms with Gasteiger partial charge in [-0.1, -0.05) is 30.4 Å². The number of carboxylic acids is 1. The van der Waals surface area contributed by atoms with Crippen LogP contribution in [-0.4, -0.2) is 152 Å². The molecule has 1 saturated carbocycles. The summed E-state index contributed by atoms with van der Waals surface area (Å²) in [4.78, 5) is 45.0. The Bertz CT molecular complexity index is 3160. The fourth-order valence-corrected chi connectivity index (χ4v) is 11.5. The van der Waals surface area contributed by atoms with Gasteiger partial charge in [0, 0.05) is 77.5 Å². The number of aromatic nitrogens is 1. The molecule has 73 heavy (non-hydrogen) atoms. The number of hydrogen-bond donors (Lipinski definition) is 14. The molecule has 0 amide bonds. The Hall–Kier alpha value is -6.75. The number of aromatic hydroxyl groups is 3. The van der Waals surface area contributed by atoms with E-state index in [-0.39, 0.29) is 75.7 Å². The minimum absolute atomic E-state index is 0.0576. The number of carbonyl (C=O) groups excluding carboxylic acids is 1. The lowest BCUT2D eigenvalue weighted by Crippen LogP contribution is -2.75. The molecule has 11 rings (SSSR count). The van der Waals surface area contributed by atoms with Crippen molar-refractivity contribution in [1.29, 1.82) is 0 Å². The fraction of sp³-hybridized carbons (Fsp3) is 0.431. The molecule has 3 saturated heterocycles. The number of hydrogen-bond acceptors (Lipinski definition) is 20. The van der Waals surface area contributed by atoms with Gasteiger partial charge in [0.25, 0.3) is 11.4 Å². The molecule has 4 aromatic rings. The molecule has 2 spiro atoms. The third-order valence-corrected chi connectivity index (χ3v) is 15.3. The smallest absolute Gasteiger partial charge is 0.351 e. The summed E-state index contributed by atoms with van der Waals surface area (Å²) in [6, 6.07) is 8.38. The third-order valence-electron chi connectivity index (χ3n) is 15.3. The first-order chi connectivity index (χ1) is 34.9. The highest BCUT2D eigenvalue weighted by Gasteiger charge is 2.69. The van der Waals surface area contributed by atoms with Crippen molar-refractivity contribution in [3.63, 3.8) is 0 Å². The van der Waals surface area contributed by atoms with E-state index in [1.807, 2.05) is 6.08 Å². The molecule has 22 heteroatoms. The van der Waals surface area contributed by atoms with Crippen LogP contribution >= 0.6 is 0 Å². The molecule has 2 aromatic carbocycles. The quantitative estimate of drug-likeness (QED) is 0.0491. The highest BCUT2D eigenvalue weighted by molar-refractivity contribution is 5.90. The van der Waals surface area contributed by atoms with Crippen molar-refractivity contribution in [3.8, 4) is 46.2 Å². The zero-order chi connectivity index (χ0) is 51.5. The van der Waals surface area contributed by atoms with Crippen LogP contribution in [-0.2, 0) is 36.6 Å². The predicted molar refractivity (Wildman–Crippen MR) is 248 cm³/mol. The number of dihydropyridines is 1. The number of carbonyl (C=O) groups is 2. The normalized spacial score (nSPS) is 35.5. The number of fused-ring (bicyclic) bond motifs is 8. The number of phenolic OH excluding ortho intramolecular Hbond substituents is 3. The second-order valence-electron chi connectivity index (χ2n) is 19.6. The first-order valence-corrected chi connectivity index (χ1v) is 23.8. The van der Waals surface area contributed by atoms with Crippen LogP contribution in [0, 0.1) is 17.8 Å². The molecule has 6 aliphatic heterocycles. The Kier molecular flexibility index (Phi) is 11.8. The number of piperidine rings is 1. The number of H-pyrrole nitrogens is 1. The van der Waals surface area contributed by atoms with Crippen molar-refractivity contribution in [2.45, 2.75) is 123 Å². The van der Waals surface area contributed by atoms with Gasteiger partial charge in [-0.15, -0.1) is 0 Å². The number of esters is 1. The van der Waals surface area contributed by atoms with Crippen LogP contribution in [0.2, 0.25) is 0 Å². The molecule has 1 aliphatic carbocycles. The van der Waals surface area contributed by atoms with Gasteiger partial charge in [-0.3, -0.25) is 10.1 Å². The summed E-state index contributed by atoms with van der Waals surface area (Å²) in [7, 11) is 0. The fourth-order valence-electron chi connectivity index (χ4n) is 11.5. The Morgan fingerprint density at radius 2 is 1.74 bits per heavy atom. The summed E-state index contributed by atoms with van der Waals surface area (Å²) in [6.07, 6.45) is -7.72. The number of carboxylic acid groups (broad SMARTS) is 1. The summed E-state index contributed by atoms with van der Waals surface area (Å²) in [5.74, 6) is -5.14. The molecular formula is C51H51N3O19. The van der Waals surface area contributed by atoms with E-state index in [1.165, 1.54) is 12.1 Å². The van der Waals surface area contributed by atoms with Crippen LogP contribution in [0.4, 0.5) is 0 Å². The van der Waals surface area contributed by atoms with Crippen LogP contribution in [0.1, 0.15) is 54.8 Å². The molecule has 4 bridgehead atoms. The van der Waals surface area contributed by atoms with E-state index < -0.39 is 113 Å². The summed E-state index contributed by atoms with van der Waals surface area (Å²) in [5.41, 5.74) is -5.11. The van der Waals surface area contributed by atoms with E-state index in [9.17, 15) is 70.6 Å². The van der Waals surface area contributed by atoms with E-state index in [2.05, 4.69) is 27.5 Å². The molecule has 384 valence electrons. The molecule has 1 unspecified atom stereocenters. The molecule has 7 aliphatic rings. The van der Waals surface area contributed by atoms with Gasteiger partial charge in [0.2, 0.25) is 11.9 Å². The average molecular weight is 1010 g/mol. The third kappa shape index (κ3) is 7.53. The second-order valence-corrected chi connectivity index (χ2v) is 19.6. The molecule has 14 atom stereocenters. The molecule has 4 fully saturated rings. The Labute approximate surface area is 413 Å². The van der Waals surface area contributed by atoms with Crippen molar-refractivity contribution < 1.29 is 89.1 Å². The molecule has 2 aromatic heterocycles. The van der Waals surface area contributed by atoms with Gasteiger partial charge in [0.05, 0.1) is 12.6 Å². The Morgan fingerprint density at radius 1 is 0.932 bits per heavy atom. The number of ether oxygens (including phenoxy) is 4. The molecule has 22 nitrogen and oxygen atoms in total. The Morgan fingerprint density at radius 3 is 2.49 bits per heavy atom. The molecule has 14 N–H and O–H groups in total. The van der Waals surface area contributed by atoms with Crippen LogP contribution < -0.4 is 20.8 Å². The monoisotopic (exact) mass is 1010 g/mol. The highest BCUT2D eigenvalue weighted by atomic mass is 16.8.